The molecule has 4 rings (SSSR count). The number of ether oxygens (including phenoxy) is 2. The highest BCUT2D eigenvalue weighted by atomic mass is 19.1. The quantitative estimate of drug-likeness (QED) is 0.832. The maximum atomic E-state index is 13.0. The lowest BCUT2D eigenvalue weighted by molar-refractivity contribution is -0.143. The van der Waals surface area contributed by atoms with Gasteiger partial charge >= 0.3 is 0 Å². The van der Waals surface area contributed by atoms with E-state index in [-0.39, 0.29) is 30.3 Å². The van der Waals surface area contributed by atoms with E-state index in [2.05, 4.69) is 5.32 Å². The van der Waals surface area contributed by atoms with Gasteiger partial charge in [-0.2, -0.15) is 0 Å². The number of benzene rings is 2. The largest absolute Gasteiger partial charge is 0.485 e. The average molecular weight is 413 g/mol. The van der Waals surface area contributed by atoms with Gasteiger partial charge in [-0.25, -0.2) is 4.39 Å². The van der Waals surface area contributed by atoms with Crippen LogP contribution in [0.2, 0.25) is 0 Å². The molecule has 1 saturated heterocycles. The van der Waals surface area contributed by atoms with Gasteiger partial charge in [-0.15, -0.1) is 0 Å². The van der Waals surface area contributed by atoms with Crippen LogP contribution in [0.4, 0.5) is 10.1 Å². The van der Waals surface area contributed by atoms with Crippen LogP contribution in [0.3, 0.4) is 0 Å². The fourth-order valence-electron chi connectivity index (χ4n) is 3.62. The first kappa shape index (κ1) is 20.2. The lowest BCUT2D eigenvalue weighted by atomic mass is 10.2. The van der Waals surface area contributed by atoms with Crippen molar-refractivity contribution in [1.29, 1.82) is 0 Å². The second kappa shape index (κ2) is 8.71. The number of rotatable bonds is 4. The molecule has 0 radical (unpaired) electrons. The highest BCUT2D eigenvalue weighted by Gasteiger charge is 2.34. The summed E-state index contributed by atoms with van der Waals surface area (Å²) < 4.78 is 24.5. The Hall–Kier alpha value is -3.13. The molecular weight excluding hydrogens is 389 g/mol. The summed E-state index contributed by atoms with van der Waals surface area (Å²) in [4.78, 5) is 29.1. The number of nitrogens with one attached hydrogen (secondary N) is 1. The normalized spacial score (nSPS) is 19.8. The topological polar surface area (TPSA) is 71.1 Å². The van der Waals surface area contributed by atoms with Crippen molar-refractivity contribution in [3.05, 3.63) is 54.3 Å². The summed E-state index contributed by atoms with van der Waals surface area (Å²) in [6, 6.07) is 12.6. The third kappa shape index (κ3) is 4.38. The molecule has 2 aromatic carbocycles. The summed E-state index contributed by atoms with van der Waals surface area (Å²) in [5.41, 5.74) is 0.553. The summed E-state index contributed by atoms with van der Waals surface area (Å²) in [5, 5.41) is 2.80. The SMILES string of the molecule is C[C@H](C(=O)Nc1ccc(F)cc1)N1CCN(C(=O)[C@H]2COc3ccccc3O2)CC1. The lowest BCUT2D eigenvalue weighted by Gasteiger charge is -2.39. The number of para-hydroxylation sites is 2. The van der Waals surface area contributed by atoms with Crippen LogP contribution in [0, 0.1) is 5.82 Å². The molecule has 2 amide bonds. The third-order valence-corrected chi connectivity index (χ3v) is 5.45. The molecule has 0 unspecified atom stereocenters. The van der Waals surface area contributed by atoms with Gasteiger partial charge in [0.15, 0.2) is 11.5 Å². The van der Waals surface area contributed by atoms with Gasteiger partial charge in [0.05, 0.1) is 6.04 Å². The fourth-order valence-corrected chi connectivity index (χ4v) is 3.62. The van der Waals surface area contributed by atoms with Gasteiger partial charge < -0.3 is 19.7 Å². The Balaban J connectivity index is 1.28. The van der Waals surface area contributed by atoms with Crippen LogP contribution >= 0.6 is 0 Å². The maximum absolute atomic E-state index is 13.0. The molecule has 0 saturated carbocycles. The molecule has 0 spiro atoms. The number of amides is 2. The summed E-state index contributed by atoms with van der Waals surface area (Å²) >= 11 is 0. The molecule has 2 aliphatic rings. The minimum atomic E-state index is -0.661. The molecule has 1 fully saturated rings. The van der Waals surface area contributed by atoms with E-state index < -0.39 is 6.10 Å². The summed E-state index contributed by atoms with van der Waals surface area (Å²) in [6.07, 6.45) is -0.661. The van der Waals surface area contributed by atoms with Gasteiger partial charge in [-0.1, -0.05) is 12.1 Å². The van der Waals surface area contributed by atoms with E-state index in [9.17, 15) is 14.0 Å². The van der Waals surface area contributed by atoms with E-state index in [0.717, 1.165) is 0 Å². The van der Waals surface area contributed by atoms with Crippen LogP contribution in [0.1, 0.15) is 6.92 Å². The monoisotopic (exact) mass is 413 g/mol. The van der Waals surface area contributed by atoms with Gasteiger partial charge in [0.25, 0.3) is 5.91 Å². The van der Waals surface area contributed by atoms with Crippen LogP contribution in [0.25, 0.3) is 0 Å². The van der Waals surface area contributed by atoms with Gasteiger partial charge in [0, 0.05) is 31.9 Å². The predicted octanol–water partition coefficient (Wildman–Crippen LogP) is 2.14. The van der Waals surface area contributed by atoms with E-state index in [1.807, 2.05) is 30.0 Å². The van der Waals surface area contributed by atoms with Crippen molar-refractivity contribution in [3.63, 3.8) is 0 Å². The highest BCUT2D eigenvalue weighted by molar-refractivity contribution is 5.94. The first-order valence-corrected chi connectivity index (χ1v) is 9.99. The number of anilines is 1. The number of nitrogens with zero attached hydrogens (tertiary/aromatic N) is 2. The third-order valence-electron chi connectivity index (χ3n) is 5.45. The Morgan fingerprint density at radius 2 is 1.70 bits per heavy atom. The van der Waals surface area contributed by atoms with Crippen molar-refractivity contribution in [2.24, 2.45) is 0 Å². The van der Waals surface area contributed by atoms with Crippen LogP contribution in [0.5, 0.6) is 11.5 Å². The molecule has 7 nitrogen and oxygen atoms in total. The number of hydrogen-bond acceptors (Lipinski definition) is 5. The van der Waals surface area contributed by atoms with Crippen molar-refractivity contribution in [2.45, 2.75) is 19.1 Å². The molecule has 0 aromatic heterocycles. The van der Waals surface area contributed by atoms with Crippen molar-refractivity contribution in [2.75, 3.05) is 38.1 Å². The number of fused-ring (bicyclic) bond motifs is 1. The van der Waals surface area contributed by atoms with Gasteiger partial charge in [-0.05, 0) is 43.3 Å². The Labute approximate surface area is 174 Å². The van der Waals surface area contributed by atoms with E-state index in [4.69, 9.17) is 9.47 Å². The van der Waals surface area contributed by atoms with Crippen molar-refractivity contribution < 1.29 is 23.5 Å². The molecule has 1 N–H and O–H groups in total. The molecule has 0 aliphatic carbocycles. The molecule has 2 aromatic rings. The van der Waals surface area contributed by atoms with E-state index >= 15 is 0 Å². The minimum absolute atomic E-state index is 0.104. The maximum Gasteiger partial charge on any atom is 0.267 e. The van der Waals surface area contributed by atoms with E-state index in [0.29, 0.717) is 43.4 Å². The molecule has 2 aliphatic heterocycles. The summed E-state index contributed by atoms with van der Waals surface area (Å²) in [6.45, 7) is 4.18. The Bertz CT molecular complexity index is 913. The van der Waals surface area contributed by atoms with Gasteiger partial charge in [0.1, 0.15) is 12.4 Å². The lowest BCUT2D eigenvalue weighted by Crippen LogP contribution is -2.57. The minimum Gasteiger partial charge on any atom is -0.485 e. The molecule has 158 valence electrons. The first-order valence-electron chi connectivity index (χ1n) is 9.99. The number of hydrogen-bond donors (Lipinski definition) is 1. The number of piperazine rings is 1. The number of carbonyl (C=O) groups is 2. The van der Waals surface area contributed by atoms with Crippen LogP contribution in [-0.2, 0) is 9.59 Å². The van der Waals surface area contributed by atoms with Gasteiger partial charge in [0.2, 0.25) is 12.0 Å². The Morgan fingerprint density at radius 3 is 2.40 bits per heavy atom. The van der Waals surface area contributed by atoms with Crippen molar-refractivity contribution in [3.8, 4) is 11.5 Å². The number of halogens is 1. The average Bonchev–Trinajstić information content (AvgIpc) is 2.79. The summed E-state index contributed by atoms with van der Waals surface area (Å²) in [7, 11) is 0. The molecular formula is C22H24FN3O4. The number of carbonyl (C=O) groups excluding carboxylic acids is 2. The second-order valence-corrected chi connectivity index (χ2v) is 7.40. The Morgan fingerprint density at radius 1 is 1.03 bits per heavy atom. The van der Waals surface area contributed by atoms with Crippen molar-refractivity contribution in [1.82, 2.24) is 9.80 Å². The zero-order chi connectivity index (χ0) is 21.1. The Kier molecular flexibility index (Phi) is 5.85. The molecule has 8 heteroatoms. The molecule has 0 bridgehead atoms. The molecule has 2 heterocycles. The van der Waals surface area contributed by atoms with Crippen LogP contribution in [0.15, 0.2) is 48.5 Å². The first-order chi connectivity index (χ1) is 14.5. The van der Waals surface area contributed by atoms with Gasteiger partial charge in [-0.3, -0.25) is 14.5 Å². The standard InChI is InChI=1S/C22H24FN3O4/c1-15(21(27)24-17-8-6-16(23)7-9-17)25-10-12-26(13-11-25)22(28)20-14-29-18-4-2-3-5-19(18)30-20/h2-9,15,20H,10-14H2,1H3,(H,24,27)/t15-,20-/m1/s1. The van der Waals surface area contributed by atoms with Crippen LogP contribution in [-0.4, -0.2) is 66.5 Å². The molecule has 2 atom stereocenters. The smallest absolute Gasteiger partial charge is 0.267 e. The van der Waals surface area contributed by atoms with E-state index in [1.54, 1.807) is 11.0 Å². The zero-order valence-corrected chi connectivity index (χ0v) is 16.7. The van der Waals surface area contributed by atoms with Crippen molar-refractivity contribution >= 4 is 17.5 Å². The fraction of sp³-hybridized carbons (Fsp3) is 0.364. The molecule has 30 heavy (non-hydrogen) atoms. The summed E-state index contributed by atoms with van der Waals surface area (Å²) in [5.74, 6) is 0.603. The predicted molar refractivity (Wildman–Crippen MR) is 109 cm³/mol. The van der Waals surface area contributed by atoms with Crippen LogP contribution < -0.4 is 14.8 Å². The zero-order valence-electron chi connectivity index (χ0n) is 16.7. The van der Waals surface area contributed by atoms with E-state index in [1.165, 1.54) is 24.3 Å². The second-order valence-electron chi connectivity index (χ2n) is 7.40. The highest BCUT2D eigenvalue weighted by Crippen LogP contribution is 2.31.